The summed E-state index contributed by atoms with van der Waals surface area (Å²) in [5.74, 6) is 0.707. The lowest BCUT2D eigenvalue weighted by Gasteiger charge is -2.23. The van der Waals surface area contributed by atoms with Crippen LogP contribution in [0.3, 0.4) is 0 Å². The number of aryl methyl sites for hydroxylation is 1. The van der Waals surface area contributed by atoms with Crippen molar-refractivity contribution in [1.29, 1.82) is 0 Å². The highest BCUT2D eigenvalue weighted by molar-refractivity contribution is 7.89. The van der Waals surface area contributed by atoms with Gasteiger partial charge >= 0.3 is 0 Å². The second-order valence-corrected chi connectivity index (χ2v) is 6.89. The summed E-state index contributed by atoms with van der Waals surface area (Å²) in [5.41, 5.74) is 0.890. The van der Waals surface area contributed by atoms with Gasteiger partial charge in [0.2, 0.25) is 10.0 Å². The van der Waals surface area contributed by atoms with Crippen LogP contribution in [0.5, 0.6) is 5.75 Å². The van der Waals surface area contributed by atoms with Gasteiger partial charge in [0.1, 0.15) is 10.6 Å². The Labute approximate surface area is 119 Å². The van der Waals surface area contributed by atoms with Crippen LogP contribution >= 0.6 is 11.6 Å². The summed E-state index contributed by atoms with van der Waals surface area (Å²) in [6.07, 6.45) is 1.67. The molecule has 0 saturated carbocycles. The minimum atomic E-state index is -3.54. The zero-order valence-corrected chi connectivity index (χ0v) is 12.7. The first-order valence-electron chi connectivity index (χ1n) is 6.23. The number of rotatable bonds is 4. The fourth-order valence-corrected chi connectivity index (χ4v) is 4.73. The number of hydrogen-bond acceptors (Lipinski definition) is 3. The molecule has 1 aromatic carbocycles. The maximum atomic E-state index is 12.7. The largest absolute Gasteiger partial charge is 0.495 e. The first-order chi connectivity index (χ1) is 9.00. The molecule has 2 rings (SSSR count). The number of alkyl halides is 1. The molecule has 1 heterocycles. The molecule has 19 heavy (non-hydrogen) atoms. The fourth-order valence-electron chi connectivity index (χ4n) is 2.39. The SMILES string of the molecule is COc1ccc(C)cc1S(=O)(=O)N1CCC[C@H]1CCl. The van der Waals surface area contributed by atoms with E-state index in [1.165, 1.54) is 11.4 Å². The van der Waals surface area contributed by atoms with E-state index in [1.807, 2.05) is 13.0 Å². The van der Waals surface area contributed by atoms with E-state index < -0.39 is 10.0 Å². The molecule has 6 heteroatoms. The van der Waals surface area contributed by atoms with Crippen molar-refractivity contribution in [3.8, 4) is 5.75 Å². The van der Waals surface area contributed by atoms with Crippen molar-refractivity contribution < 1.29 is 13.2 Å². The van der Waals surface area contributed by atoms with Crippen LogP contribution in [0.4, 0.5) is 0 Å². The summed E-state index contributed by atoms with van der Waals surface area (Å²) in [5, 5.41) is 0. The molecule has 4 nitrogen and oxygen atoms in total. The van der Waals surface area contributed by atoms with E-state index in [1.54, 1.807) is 12.1 Å². The molecule has 1 aromatic rings. The summed E-state index contributed by atoms with van der Waals surface area (Å²) in [4.78, 5) is 0.229. The maximum absolute atomic E-state index is 12.7. The van der Waals surface area contributed by atoms with E-state index in [0.29, 0.717) is 18.2 Å². The van der Waals surface area contributed by atoms with Gasteiger partial charge in [-0.3, -0.25) is 0 Å². The van der Waals surface area contributed by atoms with Gasteiger partial charge in [-0.2, -0.15) is 4.31 Å². The summed E-state index contributed by atoms with van der Waals surface area (Å²) in [7, 11) is -2.06. The lowest BCUT2D eigenvalue weighted by Crippen LogP contribution is -2.36. The molecule has 1 fully saturated rings. The Morgan fingerprint density at radius 2 is 2.21 bits per heavy atom. The number of sulfonamides is 1. The highest BCUT2D eigenvalue weighted by atomic mass is 35.5. The van der Waals surface area contributed by atoms with Gasteiger partial charge < -0.3 is 4.74 Å². The number of halogens is 1. The predicted molar refractivity (Wildman–Crippen MR) is 75.4 cm³/mol. The molecule has 1 aliphatic heterocycles. The topological polar surface area (TPSA) is 46.6 Å². The van der Waals surface area contributed by atoms with Gasteiger partial charge in [-0.25, -0.2) is 8.42 Å². The first kappa shape index (κ1) is 14.6. The van der Waals surface area contributed by atoms with Gasteiger partial charge in [-0.15, -0.1) is 11.6 Å². The smallest absolute Gasteiger partial charge is 0.247 e. The fraction of sp³-hybridized carbons (Fsp3) is 0.538. The number of methoxy groups -OCH3 is 1. The predicted octanol–water partition coefficient (Wildman–Crippen LogP) is 2.40. The zero-order valence-electron chi connectivity index (χ0n) is 11.1. The van der Waals surface area contributed by atoms with Crippen molar-refractivity contribution in [2.24, 2.45) is 0 Å². The van der Waals surface area contributed by atoms with Crippen molar-refractivity contribution in [3.63, 3.8) is 0 Å². The van der Waals surface area contributed by atoms with Crippen LogP contribution in [0.25, 0.3) is 0 Å². The van der Waals surface area contributed by atoms with Crippen LogP contribution in [0.1, 0.15) is 18.4 Å². The van der Waals surface area contributed by atoms with Gasteiger partial charge in [0.25, 0.3) is 0 Å². The Hall–Kier alpha value is -0.780. The third kappa shape index (κ3) is 2.73. The van der Waals surface area contributed by atoms with Gasteiger partial charge in [-0.1, -0.05) is 6.07 Å². The highest BCUT2D eigenvalue weighted by Crippen LogP contribution is 2.32. The van der Waals surface area contributed by atoms with E-state index in [0.717, 1.165) is 18.4 Å². The molecular formula is C13H18ClNO3S. The number of nitrogens with zero attached hydrogens (tertiary/aromatic N) is 1. The van der Waals surface area contributed by atoms with E-state index in [-0.39, 0.29) is 10.9 Å². The second kappa shape index (κ2) is 5.69. The molecule has 0 aliphatic carbocycles. The molecule has 0 radical (unpaired) electrons. The van der Waals surface area contributed by atoms with E-state index >= 15 is 0 Å². The molecule has 0 unspecified atom stereocenters. The minimum Gasteiger partial charge on any atom is -0.495 e. The van der Waals surface area contributed by atoms with Gasteiger partial charge in [0, 0.05) is 18.5 Å². The lowest BCUT2D eigenvalue weighted by molar-refractivity contribution is 0.387. The van der Waals surface area contributed by atoms with E-state index in [9.17, 15) is 8.42 Å². The zero-order chi connectivity index (χ0) is 14.0. The molecule has 0 aromatic heterocycles. The molecule has 0 bridgehead atoms. The Morgan fingerprint density at radius 3 is 2.84 bits per heavy atom. The molecule has 1 aliphatic rings. The van der Waals surface area contributed by atoms with Crippen molar-refractivity contribution in [1.82, 2.24) is 4.31 Å². The quantitative estimate of drug-likeness (QED) is 0.802. The van der Waals surface area contributed by atoms with Crippen molar-refractivity contribution in [3.05, 3.63) is 23.8 Å². The lowest BCUT2D eigenvalue weighted by atomic mass is 10.2. The number of ether oxygens (including phenoxy) is 1. The van der Waals surface area contributed by atoms with Crippen LogP contribution in [0.2, 0.25) is 0 Å². The molecule has 1 atom stereocenters. The van der Waals surface area contributed by atoms with Crippen molar-refractivity contribution in [2.45, 2.75) is 30.7 Å². The summed E-state index contributed by atoms with van der Waals surface area (Å²) in [6.45, 7) is 2.39. The summed E-state index contributed by atoms with van der Waals surface area (Å²) in [6, 6.07) is 5.06. The standard InChI is InChI=1S/C13H18ClNO3S/c1-10-5-6-12(18-2)13(8-10)19(16,17)15-7-3-4-11(15)9-14/h5-6,8,11H,3-4,7,9H2,1-2H3/t11-/m0/s1. The highest BCUT2D eigenvalue weighted by Gasteiger charge is 2.36. The monoisotopic (exact) mass is 303 g/mol. The average Bonchev–Trinajstić information content (AvgIpc) is 2.87. The molecule has 0 amide bonds. The average molecular weight is 304 g/mol. The van der Waals surface area contributed by atoms with Gasteiger partial charge in [-0.05, 0) is 37.5 Å². The Bertz CT molecular complexity index is 559. The van der Waals surface area contributed by atoms with Crippen LogP contribution in [-0.4, -0.2) is 38.3 Å². The second-order valence-electron chi connectivity index (χ2n) is 4.72. The first-order valence-corrected chi connectivity index (χ1v) is 8.20. The summed E-state index contributed by atoms with van der Waals surface area (Å²) < 4.78 is 32.1. The molecule has 0 spiro atoms. The van der Waals surface area contributed by atoms with Crippen LogP contribution in [0, 0.1) is 6.92 Å². The molecule has 1 saturated heterocycles. The van der Waals surface area contributed by atoms with Crippen LogP contribution < -0.4 is 4.74 Å². The molecule has 106 valence electrons. The Kier molecular flexibility index (Phi) is 4.38. The van der Waals surface area contributed by atoms with Gasteiger partial charge in [0.15, 0.2) is 0 Å². The van der Waals surface area contributed by atoms with Crippen LogP contribution in [-0.2, 0) is 10.0 Å². The third-order valence-electron chi connectivity index (χ3n) is 3.41. The Balaban J connectivity index is 2.47. The van der Waals surface area contributed by atoms with Crippen molar-refractivity contribution in [2.75, 3.05) is 19.5 Å². The maximum Gasteiger partial charge on any atom is 0.247 e. The number of benzene rings is 1. The van der Waals surface area contributed by atoms with Crippen molar-refractivity contribution >= 4 is 21.6 Å². The molecular weight excluding hydrogens is 286 g/mol. The minimum absolute atomic E-state index is 0.114. The van der Waals surface area contributed by atoms with E-state index in [4.69, 9.17) is 16.3 Å². The Morgan fingerprint density at radius 1 is 1.47 bits per heavy atom. The van der Waals surface area contributed by atoms with E-state index in [2.05, 4.69) is 0 Å². The molecule has 0 N–H and O–H groups in total. The number of hydrogen-bond donors (Lipinski definition) is 0. The van der Waals surface area contributed by atoms with Gasteiger partial charge in [0.05, 0.1) is 7.11 Å². The normalized spacial score (nSPS) is 20.7. The van der Waals surface area contributed by atoms with Crippen LogP contribution in [0.15, 0.2) is 23.1 Å². The summed E-state index contributed by atoms with van der Waals surface area (Å²) >= 11 is 5.86. The third-order valence-corrected chi connectivity index (χ3v) is 5.74.